The molecule has 0 aliphatic carbocycles. The van der Waals surface area contributed by atoms with Crippen LogP contribution in [0.1, 0.15) is 10.5 Å². The molecule has 4 rings (SSSR count). The second kappa shape index (κ2) is 7.13. The molecule has 11 heteroatoms. The number of amides is 1. The van der Waals surface area contributed by atoms with E-state index in [9.17, 15) is 19.7 Å². The number of nitrogens with zero attached hydrogens (tertiary/aromatic N) is 4. The van der Waals surface area contributed by atoms with Crippen molar-refractivity contribution in [1.29, 1.82) is 0 Å². The van der Waals surface area contributed by atoms with Gasteiger partial charge in [-0.3, -0.25) is 14.9 Å². The van der Waals surface area contributed by atoms with Crippen LogP contribution >= 0.6 is 0 Å². The summed E-state index contributed by atoms with van der Waals surface area (Å²) in [6.07, 6.45) is 0. The average molecular weight is 406 g/mol. The number of carbonyl (C=O) groups excluding carboxylic acids is 1. The molecule has 0 spiro atoms. The number of nitro benzene ring substituents is 1. The first-order valence-corrected chi connectivity index (χ1v) is 8.61. The van der Waals surface area contributed by atoms with Gasteiger partial charge in [0.2, 0.25) is 0 Å². The third-order valence-corrected chi connectivity index (χ3v) is 4.40. The lowest BCUT2D eigenvalue weighted by Crippen LogP contribution is -2.15. The minimum atomic E-state index is -0.881. The van der Waals surface area contributed by atoms with Crippen molar-refractivity contribution >= 4 is 22.8 Å². The monoisotopic (exact) mass is 406 g/mol. The van der Waals surface area contributed by atoms with Crippen LogP contribution in [0.15, 0.2) is 53.3 Å². The molecule has 2 heterocycles. The van der Waals surface area contributed by atoms with Crippen molar-refractivity contribution in [3.05, 3.63) is 74.8 Å². The summed E-state index contributed by atoms with van der Waals surface area (Å²) in [6, 6.07) is 12.3. The van der Waals surface area contributed by atoms with Crippen molar-refractivity contribution in [1.82, 2.24) is 19.5 Å². The molecular formula is C19H14N6O5. The van der Waals surface area contributed by atoms with Crippen LogP contribution in [-0.2, 0) is 0 Å². The minimum Gasteiger partial charge on any atom is -0.497 e. The highest BCUT2D eigenvalue weighted by atomic mass is 16.6. The molecule has 0 atom stereocenters. The first-order chi connectivity index (χ1) is 14.4. The molecular weight excluding hydrogens is 392 g/mol. The van der Waals surface area contributed by atoms with E-state index in [-0.39, 0.29) is 28.4 Å². The quantitative estimate of drug-likeness (QED) is 0.377. The van der Waals surface area contributed by atoms with E-state index < -0.39 is 16.5 Å². The molecule has 11 nitrogen and oxygen atoms in total. The normalized spacial score (nSPS) is 10.8. The summed E-state index contributed by atoms with van der Waals surface area (Å²) in [5.74, 6) is -0.361. The molecule has 4 aromatic rings. The highest BCUT2D eigenvalue weighted by Crippen LogP contribution is 2.25. The number of hydrogen-bond donors (Lipinski definition) is 2. The number of fused-ring (bicyclic) bond motifs is 1. The minimum absolute atomic E-state index is 0.00986. The van der Waals surface area contributed by atoms with E-state index in [0.717, 1.165) is 0 Å². The predicted octanol–water partition coefficient (Wildman–Crippen LogP) is 1.79. The fraction of sp³-hybridized carbons (Fsp3) is 0.0526. The van der Waals surface area contributed by atoms with E-state index in [1.807, 2.05) is 0 Å². The summed E-state index contributed by atoms with van der Waals surface area (Å²) in [6.45, 7) is 0. The van der Waals surface area contributed by atoms with Gasteiger partial charge in [0, 0.05) is 23.8 Å². The first kappa shape index (κ1) is 18.8. The Morgan fingerprint density at radius 1 is 1.20 bits per heavy atom. The molecule has 0 unspecified atom stereocenters. The molecule has 0 radical (unpaired) electrons. The standard InChI is InChI=1S/C19H14N6O5/c1-30-13-7-3-5-11(9-13)24-18-15(22-19(24)27)14(16(20)26)21-17(23-18)10-4-2-6-12(8-10)25(28)29/h2-9H,1H3,(H2,20,26)(H,22,27). The molecule has 0 fully saturated rings. The molecule has 3 N–H and O–H groups in total. The Bertz CT molecular complexity index is 1370. The Balaban J connectivity index is 2.03. The van der Waals surface area contributed by atoms with Gasteiger partial charge in [0.25, 0.3) is 11.6 Å². The van der Waals surface area contributed by atoms with Gasteiger partial charge in [-0.05, 0) is 12.1 Å². The van der Waals surface area contributed by atoms with Crippen LogP contribution in [0.5, 0.6) is 5.75 Å². The largest absolute Gasteiger partial charge is 0.497 e. The van der Waals surface area contributed by atoms with Gasteiger partial charge in [0.1, 0.15) is 11.3 Å². The number of carbonyl (C=O) groups is 1. The zero-order chi connectivity index (χ0) is 21.4. The summed E-state index contributed by atoms with van der Waals surface area (Å²) in [5.41, 5.74) is 5.40. The molecule has 0 saturated carbocycles. The maximum absolute atomic E-state index is 12.7. The fourth-order valence-electron chi connectivity index (χ4n) is 3.04. The zero-order valence-corrected chi connectivity index (χ0v) is 15.5. The van der Waals surface area contributed by atoms with E-state index in [0.29, 0.717) is 17.0 Å². The highest BCUT2D eigenvalue weighted by Gasteiger charge is 2.21. The van der Waals surface area contributed by atoms with Gasteiger partial charge >= 0.3 is 5.69 Å². The number of nitrogens with one attached hydrogen (secondary N) is 1. The lowest BCUT2D eigenvalue weighted by molar-refractivity contribution is -0.384. The van der Waals surface area contributed by atoms with Crippen LogP contribution in [0.3, 0.4) is 0 Å². The van der Waals surface area contributed by atoms with Crippen molar-refractivity contribution in [3.63, 3.8) is 0 Å². The second-order valence-corrected chi connectivity index (χ2v) is 6.23. The molecule has 0 aliphatic rings. The highest BCUT2D eigenvalue weighted by molar-refractivity contribution is 6.02. The molecule has 2 aromatic carbocycles. The zero-order valence-electron chi connectivity index (χ0n) is 15.5. The molecule has 0 saturated heterocycles. The van der Waals surface area contributed by atoms with Gasteiger partial charge in [-0.1, -0.05) is 18.2 Å². The van der Waals surface area contributed by atoms with Crippen LogP contribution in [0.4, 0.5) is 5.69 Å². The molecule has 0 aliphatic heterocycles. The number of methoxy groups -OCH3 is 1. The van der Waals surface area contributed by atoms with Gasteiger partial charge in [0.15, 0.2) is 17.2 Å². The molecule has 0 bridgehead atoms. The summed E-state index contributed by atoms with van der Waals surface area (Å²) in [7, 11) is 1.49. The van der Waals surface area contributed by atoms with Crippen molar-refractivity contribution in [2.75, 3.05) is 7.11 Å². The number of aromatic amines is 1. The second-order valence-electron chi connectivity index (χ2n) is 6.23. The Hall–Kier alpha value is -4.54. The molecule has 30 heavy (non-hydrogen) atoms. The van der Waals surface area contributed by atoms with E-state index in [1.165, 1.54) is 29.9 Å². The number of aromatic nitrogens is 4. The van der Waals surface area contributed by atoms with Crippen molar-refractivity contribution in [2.45, 2.75) is 0 Å². The molecule has 150 valence electrons. The summed E-state index contributed by atoms with van der Waals surface area (Å²) >= 11 is 0. The summed E-state index contributed by atoms with van der Waals surface area (Å²) in [5, 5.41) is 11.1. The van der Waals surface area contributed by atoms with Gasteiger partial charge in [-0.15, -0.1) is 0 Å². The fourth-order valence-corrected chi connectivity index (χ4v) is 3.04. The molecule has 2 aromatic heterocycles. The Morgan fingerprint density at radius 3 is 2.67 bits per heavy atom. The lowest BCUT2D eigenvalue weighted by atomic mass is 10.2. The predicted molar refractivity (Wildman–Crippen MR) is 107 cm³/mol. The number of primary amides is 1. The third-order valence-electron chi connectivity index (χ3n) is 4.40. The number of rotatable bonds is 5. The number of H-pyrrole nitrogens is 1. The number of imidazole rings is 1. The van der Waals surface area contributed by atoms with Gasteiger partial charge < -0.3 is 15.5 Å². The van der Waals surface area contributed by atoms with E-state index in [4.69, 9.17) is 10.5 Å². The van der Waals surface area contributed by atoms with Gasteiger partial charge in [-0.25, -0.2) is 19.3 Å². The Kier molecular flexibility index (Phi) is 4.47. The van der Waals surface area contributed by atoms with E-state index >= 15 is 0 Å². The number of benzene rings is 2. The van der Waals surface area contributed by atoms with E-state index in [2.05, 4.69) is 15.0 Å². The number of hydrogen-bond acceptors (Lipinski definition) is 7. The van der Waals surface area contributed by atoms with Crippen LogP contribution < -0.4 is 16.2 Å². The van der Waals surface area contributed by atoms with Crippen molar-refractivity contribution < 1.29 is 14.5 Å². The van der Waals surface area contributed by atoms with Crippen molar-refractivity contribution in [3.8, 4) is 22.8 Å². The Labute approximate surface area is 167 Å². The Morgan fingerprint density at radius 2 is 1.97 bits per heavy atom. The smallest absolute Gasteiger partial charge is 0.332 e. The summed E-state index contributed by atoms with van der Waals surface area (Å²) < 4.78 is 6.44. The number of non-ortho nitro benzene ring substituents is 1. The van der Waals surface area contributed by atoms with Crippen LogP contribution in [0.2, 0.25) is 0 Å². The molecule has 1 amide bonds. The lowest BCUT2D eigenvalue weighted by Gasteiger charge is -2.07. The third kappa shape index (κ3) is 3.13. The van der Waals surface area contributed by atoms with E-state index in [1.54, 1.807) is 30.3 Å². The maximum atomic E-state index is 12.7. The number of nitro groups is 1. The topological polar surface area (TPSA) is 159 Å². The maximum Gasteiger partial charge on any atom is 0.332 e. The number of nitrogens with two attached hydrogens (primary N) is 1. The average Bonchev–Trinajstić information content (AvgIpc) is 3.08. The number of ether oxygens (including phenoxy) is 1. The van der Waals surface area contributed by atoms with Crippen LogP contribution in [0.25, 0.3) is 28.2 Å². The van der Waals surface area contributed by atoms with Gasteiger partial charge in [-0.2, -0.15) is 0 Å². The van der Waals surface area contributed by atoms with Gasteiger partial charge in [0.05, 0.1) is 17.7 Å². The van der Waals surface area contributed by atoms with Crippen molar-refractivity contribution in [2.24, 2.45) is 5.73 Å². The van der Waals surface area contributed by atoms with Crippen LogP contribution in [0, 0.1) is 10.1 Å². The summed E-state index contributed by atoms with van der Waals surface area (Å²) in [4.78, 5) is 46.3. The van der Waals surface area contributed by atoms with Crippen LogP contribution in [-0.4, -0.2) is 37.5 Å². The SMILES string of the molecule is COc1cccc(-n2c(=O)[nH]c3c(C(N)=O)nc(-c4cccc([N+](=O)[O-])c4)nc32)c1. The first-order valence-electron chi connectivity index (χ1n) is 8.61.